The monoisotopic (exact) mass is 514 g/mol. The standard InChI is InChI=1S/C27H29F3N4O3/c1-5-16(2)13-34-23(8-9-24(26(34)36)33-14-17(3)31-15-33)25(35)32-18(4)19-10-20(27(28,29)30)12-22(11-19)37-21-6-7-21/h5,8-12,14-15,18,21H,6-7,13H2,1-4H3,(H,32,35)/b16-5-. The van der Waals surface area contributed by atoms with Crippen LogP contribution in [0.25, 0.3) is 5.69 Å². The number of hydrogen-bond acceptors (Lipinski definition) is 4. The Morgan fingerprint density at radius 1 is 1.27 bits per heavy atom. The average Bonchev–Trinajstić information content (AvgIpc) is 3.55. The Morgan fingerprint density at radius 3 is 2.59 bits per heavy atom. The molecule has 0 spiro atoms. The van der Waals surface area contributed by atoms with Gasteiger partial charge in [-0.3, -0.25) is 14.2 Å². The average molecular weight is 515 g/mol. The molecule has 2 heterocycles. The van der Waals surface area contributed by atoms with Gasteiger partial charge in [-0.15, -0.1) is 0 Å². The summed E-state index contributed by atoms with van der Waals surface area (Å²) in [6.07, 6.45) is 2.03. The van der Waals surface area contributed by atoms with E-state index in [1.165, 1.54) is 29.1 Å². The fourth-order valence-corrected chi connectivity index (χ4v) is 3.85. The summed E-state index contributed by atoms with van der Waals surface area (Å²) in [4.78, 5) is 30.9. The van der Waals surface area contributed by atoms with E-state index in [9.17, 15) is 22.8 Å². The highest BCUT2D eigenvalue weighted by Crippen LogP contribution is 2.36. The van der Waals surface area contributed by atoms with Crippen LogP contribution >= 0.6 is 0 Å². The highest BCUT2D eigenvalue weighted by atomic mass is 19.4. The van der Waals surface area contributed by atoms with Gasteiger partial charge in [-0.25, -0.2) is 4.98 Å². The van der Waals surface area contributed by atoms with Crippen LogP contribution in [-0.4, -0.2) is 26.1 Å². The van der Waals surface area contributed by atoms with Gasteiger partial charge in [0.2, 0.25) is 0 Å². The number of nitrogens with one attached hydrogen (secondary N) is 1. The number of ether oxygens (including phenoxy) is 1. The lowest BCUT2D eigenvalue weighted by molar-refractivity contribution is -0.137. The van der Waals surface area contributed by atoms with Gasteiger partial charge in [0.1, 0.15) is 17.1 Å². The fraction of sp³-hybridized carbons (Fsp3) is 0.370. The third-order valence-electron chi connectivity index (χ3n) is 6.21. The Hall–Kier alpha value is -3.82. The molecule has 0 radical (unpaired) electrons. The van der Waals surface area contributed by atoms with Gasteiger partial charge in [0.25, 0.3) is 11.5 Å². The lowest BCUT2D eigenvalue weighted by atomic mass is 10.0. The van der Waals surface area contributed by atoms with Gasteiger partial charge >= 0.3 is 6.18 Å². The SMILES string of the molecule is C/C=C(/C)Cn1c(C(=O)NC(C)c2cc(OC3CC3)cc(C(F)(F)F)c2)ccc(-n2cnc(C)c2)c1=O. The number of alkyl halides is 3. The Morgan fingerprint density at radius 2 is 2.00 bits per heavy atom. The Bertz CT molecular complexity index is 1400. The summed E-state index contributed by atoms with van der Waals surface area (Å²) in [5, 5.41) is 2.75. The van der Waals surface area contributed by atoms with Crippen molar-refractivity contribution in [3.63, 3.8) is 0 Å². The van der Waals surface area contributed by atoms with E-state index in [-0.39, 0.29) is 29.7 Å². The van der Waals surface area contributed by atoms with Gasteiger partial charge in [0.15, 0.2) is 0 Å². The van der Waals surface area contributed by atoms with E-state index in [0.29, 0.717) is 5.69 Å². The molecule has 37 heavy (non-hydrogen) atoms. The predicted molar refractivity (Wildman–Crippen MR) is 133 cm³/mol. The van der Waals surface area contributed by atoms with E-state index in [4.69, 9.17) is 4.74 Å². The van der Waals surface area contributed by atoms with Crippen LogP contribution in [0, 0.1) is 6.92 Å². The maximum atomic E-state index is 13.5. The first kappa shape index (κ1) is 26.2. The van der Waals surface area contributed by atoms with E-state index in [0.717, 1.165) is 36.2 Å². The maximum Gasteiger partial charge on any atom is 0.416 e. The summed E-state index contributed by atoms with van der Waals surface area (Å²) >= 11 is 0. The molecule has 196 valence electrons. The van der Waals surface area contributed by atoms with Gasteiger partial charge in [0.05, 0.1) is 29.7 Å². The van der Waals surface area contributed by atoms with Crippen molar-refractivity contribution < 1.29 is 22.7 Å². The molecule has 0 aliphatic heterocycles. The molecule has 1 atom stereocenters. The van der Waals surface area contributed by atoms with Crippen LogP contribution in [0.2, 0.25) is 0 Å². The first-order valence-corrected chi connectivity index (χ1v) is 12.0. The fourth-order valence-electron chi connectivity index (χ4n) is 3.85. The largest absolute Gasteiger partial charge is 0.490 e. The van der Waals surface area contributed by atoms with E-state index >= 15 is 0 Å². The van der Waals surface area contributed by atoms with Crippen molar-refractivity contribution in [2.24, 2.45) is 0 Å². The van der Waals surface area contributed by atoms with Crippen molar-refractivity contribution in [1.82, 2.24) is 19.4 Å². The molecule has 1 unspecified atom stereocenters. The number of aryl methyl sites for hydroxylation is 1. The van der Waals surface area contributed by atoms with E-state index in [1.807, 2.05) is 19.9 Å². The number of benzene rings is 1. The summed E-state index contributed by atoms with van der Waals surface area (Å²) in [5.41, 5.74) is 1.04. The summed E-state index contributed by atoms with van der Waals surface area (Å²) in [7, 11) is 0. The Labute approximate surface area is 212 Å². The second-order valence-electron chi connectivity index (χ2n) is 9.35. The van der Waals surface area contributed by atoms with Crippen molar-refractivity contribution in [3.05, 3.63) is 87.4 Å². The quantitative estimate of drug-likeness (QED) is 0.411. The molecule has 10 heteroatoms. The van der Waals surface area contributed by atoms with Crippen molar-refractivity contribution in [3.8, 4) is 11.4 Å². The highest BCUT2D eigenvalue weighted by Gasteiger charge is 2.33. The van der Waals surface area contributed by atoms with Crippen molar-refractivity contribution >= 4 is 5.91 Å². The minimum Gasteiger partial charge on any atom is -0.490 e. The zero-order valence-corrected chi connectivity index (χ0v) is 21.1. The zero-order chi connectivity index (χ0) is 26.9. The van der Waals surface area contributed by atoms with Crippen molar-refractivity contribution in [1.29, 1.82) is 0 Å². The molecule has 2 aromatic heterocycles. The number of allylic oxidation sites excluding steroid dienone is 2. The number of aromatic nitrogens is 3. The molecule has 1 fully saturated rings. The van der Waals surface area contributed by atoms with Gasteiger partial charge in [-0.05, 0) is 76.4 Å². The van der Waals surface area contributed by atoms with Crippen molar-refractivity contribution in [2.45, 2.75) is 65.4 Å². The minimum absolute atomic E-state index is 0.0803. The molecule has 1 aromatic carbocycles. The summed E-state index contributed by atoms with van der Waals surface area (Å²) in [6.45, 7) is 7.25. The maximum absolute atomic E-state index is 13.5. The molecule has 3 aromatic rings. The molecule has 1 aliphatic rings. The molecular weight excluding hydrogens is 485 g/mol. The summed E-state index contributed by atoms with van der Waals surface area (Å²) in [6, 6.07) is 5.79. The number of rotatable bonds is 8. The number of carbonyl (C=O) groups excluding carboxylic acids is 1. The predicted octanol–water partition coefficient (Wildman–Crippen LogP) is 5.36. The number of imidazole rings is 1. The number of nitrogens with zero attached hydrogens (tertiary/aromatic N) is 3. The Kier molecular flexibility index (Phi) is 7.29. The number of carbonyl (C=O) groups is 1. The molecule has 0 bridgehead atoms. The molecule has 4 rings (SSSR count). The second kappa shape index (κ2) is 10.3. The van der Waals surface area contributed by atoms with Crippen LogP contribution < -0.4 is 15.6 Å². The topological polar surface area (TPSA) is 78.2 Å². The van der Waals surface area contributed by atoms with Gasteiger partial charge in [-0.1, -0.05) is 11.6 Å². The van der Waals surface area contributed by atoms with E-state index in [2.05, 4.69) is 10.3 Å². The summed E-state index contributed by atoms with van der Waals surface area (Å²) in [5.74, 6) is -0.460. The molecule has 1 N–H and O–H groups in total. The van der Waals surface area contributed by atoms with E-state index < -0.39 is 29.2 Å². The normalized spacial score (nSPS) is 14.9. The molecule has 1 amide bonds. The zero-order valence-electron chi connectivity index (χ0n) is 21.1. The smallest absolute Gasteiger partial charge is 0.416 e. The molecule has 7 nitrogen and oxygen atoms in total. The molecular formula is C27H29F3N4O3. The molecule has 1 aliphatic carbocycles. The number of hydrogen-bond donors (Lipinski definition) is 1. The van der Waals surface area contributed by atoms with Crippen LogP contribution in [0.4, 0.5) is 13.2 Å². The lowest BCUT2D eigenvalue weighted by Gasteiger charge is -2.20. The van der Waals surface area contributed by atoms with E-state index in [1.54, 1.807) is 24.6 Å². The van der Waals surface area contributed by atoms with Crippen LogP contribution in [-0.2, 0) is 12.7 Å². The lowest BCUT2D eigenvalue weighted by Crippen LogP contribution is -2.35. The van der Waals surface area contributed by atoms with Gasteiger partial charge < -0.3 is 14.6 Å². The van der Waals surface area contributed by atoms with Crippen molar-refractivity contribution in [2.75, 3.05) is 0 Å². The summed E-state index contributed by atoms with van der Waals surface area (Å²) < 4.78 is 49.2. The Balaban J connectivity index is 1.67. The van der Waals surface area contributed by atoms with Crippen LogP contribution in [0.15, 0.2) is 59.3 Å². The third-order valence-corrected chi connectivity index (χ3v) is 6.21. The first-order valence-electron chi connectivity index (χ1n) is 12.0. The minimum atomic E-state index is -4.56. The second-order valence-corrected chi connectivity index (χ2v) is 9.35. The molecule has 0 saturated heterocycles. The van der Waals surface area contributed by atoms with Gasteiger partial charge in [0, 0.05) is 12.7 Å². The highest BCUT2D eigenvalue weighted by molar-refractivity contribution is 5.93. The number of pyridine rings is 1. The number of halogens is 3. The first-order chi connectivity index (χ1) is 17.5. The van der Waals surface area contributed by atoms with Crippen LogP contribution in [0.1, 0.15) is 67.0 Å². The van der Waals surface area contributed by atoms with Crippen LogP contribution in [0.3, 0.4) is 0 Å². The van der Waals surface area contributed by atoms with Crippen LogP contribution in [0.5, 0.6) is 5.75 Å². The van der Waals surface area contributed by atoms with Gasteiger partial charge in [-0.2, -0.15) is 13.2 Å². The number of amides is 1. The third kappa shape index (κ3) is 6.12. The molecule has 1 saturated carbocycles.